The largest absolute Gasteiger partial charge is 0.463 e. The van der Waals surface area contributed by atoms with E-state index in [1.54, 1.807) is 0 Å². The third-order valence-electron chi connectivity index (χ3n) is 8.20. The Labute approximate surface area is 185 Å². The first-order valence-corrected chi connectivity index (χ1v) is 13.1. The van der Waals surface area contributed by atoms with E-state index in [1.807, 2.05) is 0 Å². The molecule has 0 bridgehead atoms. The molecule has 0 amide bonds. The average Bonchev–Trinajstić information content (AvgIpc) is 2.81. The molecule has 3 rings (SSSR count). The number of hydrogen-bond acceptors (Lipinski definition) is 3. The van der Waals surface area contributed by atoms with Crippen molar-refractivity contribution in [1.82, 2.24) is 0 Å². The number of rotatable bonds is 11. The minimum atomic E-state index is -0.288. The third kappa shape index (κ3) is 8.73. The van der Waals surface area contributed by atoms with Crippen LogP contribution in [0.4, 0.5) is 0 Å². The summed E-state index contributed by atoms with van der Waals surface area (Å²) in [6.45, 7) is 5.03. The van der Waals surface area contributed by atoms with E-state index in [1.165, 1.54) is 109 Å². The van der Waals surface area contributed by atoms with E-state index in [0.29, 0.717) is 12.7 Å². The standard InChI is InChI=1S/C27H46O3/c1-2-27(28)29-20-6-7-22-10-12-23(13-11-22)14-15-24-16-18-25(19-17-24)21-30-26-8-4-3-5-9-26/h2,22-26H,1,3-21H2. The van der Waals surface area contributed by atoms with Crippen LogP contribution in [0.1, 0.15) is 109 Å². The van der Waals surface area contributed by atoms with Crippen molar-refractivity contribution in [3.63, 3.8) is 0 Å². The second-order valence-electron chi connectivity index (χ2n) is 10.5. The predicted molar refractivity (Wildman–Crippen MR) is 123 cm³/mol. The van der Waals surface area contributed by atoms with Crippen LogP contribution in [-0.4, -0.2) is 25.3 Å². The first kappa shape index (κ1) is 23.8. The molecule has 3 aliphatic carbocycles. The molecule has 0 saturated heterocycles. The van der Waals surface area contributed by atoms with Crippen LogP contribution in [0.5, 0.6) is 0 Å². The summed E-state index contributed by atoms with van der Waals surface area (Å²) in [6, 6.07) is 0. The number of carbonyl (C=O) groups is 1. The maximum absolute atomic E-state index is 11.1. The van der Waals surface area contributed by atoms with Gasteiger partial charge >= 0.3 is 5.97 Å². The number of carbonyl (C=O) groups excluding carboxylic acids is 1. The second kappa shape index (κ2) is 13.6. The van der Waals surface area contributed by atoms with Gasteiger partial charge in [-0.1, -0.05) is 77.2 Å². The van der Waals surface area contributed by atoms with Gasteiger partial charge in [0.2, 0.25) is 0 Å². The van der Waals surface area contributed by atoms with Crippen molar-refractivity contribution in [1.29, 1.82) is 0 Å². The topological polar surface area (TPSA) is 35.5 Å². The summed E-state index contributed by atoms with van der Waals surface area (Å²) in [6.07, 6.45) is 25.0. The van der Waals surface area contributed by atoms with E-state index < -0.39 is 0 Å². The van der Waals surface area contributed by atoms with Crippen LogP contribution in [0, 0.1) is 23.7 Å². The van der Waals surface area contributed by atoms with Crippen molar-refractivity contribution in [2.24, 2.45) is 23.7 Å². The van der Waals surface area contributed by atoms with Gasteiger partial charge < -0.3 is 9.47 Å². The van der Waals surface area contributed by atoms with Gasteiger partial charge in [0.25, 0.3) is 0 Å². The smallest absolute Gasteiger partial charge is 0.330 e. The summed E-state index contributed by atoms with van der Waals surface area (Å²) in [4.78, 5) is 11.1. The molecule has 0 aromatic rings. The van der Waals surface area contributed by atoms with Gasteiger partial charge in [0, 0.05) is 12.7 Å². The van der Waals surface area contributed by atoms with Gasteiger partial charge in [-0.3, -0.25) is 0 Å². The molecule has 0 radical (unpaired) electrons. The Morgan fingerprint density at radius 1 is 0.733 bits per heavy atom. The van der Waals surface area contributed by atoms with Gasteiger partial charge in [0.15, 0.2) is 0 Å². The van der Waals surface area contributed by atoms with Gasteiger partial charge in [-0.25, -0.2) is 4.79 Å². The van der Waals surface area contributed by atoms with Gasteiger partial charge in [0.05, 0.1) is 12.7 Å². The highest BCUT2D eigenvalue weighted by Crippen LogP contribution is 2.38. The highest BCUT2D eigenvalue weighted by Gasteiger charge is 2.25. The first-order chi connectivity index (χ1) is 14.7. The predicted octanol–water partition coefficient (Wildman–Crippen LogP) is 7.24. The molecule has 0 N–H and O–H groups in total. The third-order valence-corrected chi connectivity index (χ3v) is 8.20. The molecule has 3 nitrogen and oxygen atoms in total. The fraction of sp³-hybridized carbons (Fsp3) is 0.889. The van der Waals surface area contributed by atoms with Crippen molar-refractivity contribution >= 4 is 5.97 Å². The van der Waals surface area contributed by atoms with Crippen LogP contribution in [0.25, 0.3) is 0 Å². The Balaban J connectivity index is 1.18. The number of hydrogen-bond donors (Lipinski definition) is 0. The highest BCUT2D eigenvalue weighted by molar-refractivity contribution is 5.81. The molecule has 0 heterocycles. The minimum Gasteiger partial charge on any atom is -0.463 e. The lowest BCUT2D eigenvalue weighted by Gasteiger charge is -2.32. The molecule has 0 atom stereocenters. The molecule has 3 heteroatoms. The quantitative estimate of drug-likeness (QED) is 0.201. The molecule has 3 fully saturated rings. The Hall–Kier alpha value is -0.830. The van der Waals surface area contributed by atoms with E-state index in [9.17, 15) is 4.79 Å². The van der Waals surface area contributed by atoms with Crippen LogP contribution in [0.15, 0.2) is 12.7 Å². The summed E-state index contributed by atoms with van der Waals surface area (Å²) in [5, 5.41) is 0. The molecule has 172 valence electrons. The molecule has 30 heavy (non-hydrogen) atoms. The van der Waals surface area contributed by atoms with Crippen LogP contribution in [0.2, 0.25) is 0 Å². The molecule has 3 saturated carbocycles. The monoisotopic (exact) mass is 418 g/mol. The number of ether oxygens (including phenoxy) is 2. The lowest BCUT2D eigenvalue weighted by molar-refractivity contribution is -0.137. The van der Waals surface area contributed by atoms with Crippen molar-refractivity contribution in [3.05, 3.63) is 12.7 Å². The molecular formula is C27H46O3. The summed E-state index contributed by atoms with van der Waals surface area (Å²) in [7, 11) is 0. The average molecular weight is 419 g/mol. The van der Waals surface area contributed by atoms with E-state index >= 15 is 0 Å². The Bertz CT molecular complexity index is 480. The normalized spacial score (nSPS) is 30.7. The van der Waals surface area contributed by atoms with Gasteiger partial charge in [0.1, 0.15) is 0 Å². The molecular weight excluding hydrogens is 372 g/mol. The van der Waals surface area contributed by atoms with E-state index in [4.69, 9.17) is 9.47 Å². The summed E-state index contributed by atoms with van der Waals surface area (Å²) in [5.41, 5.74) is 0. The fourth-order valence-electron chi connectivity index (χ4n) is 6.07. The lowest BCUT2D eigenvalue weighted by atomic mass is 9.75. The second-order valence-corrected chi connectivity index (χ2v) is 10.5. The van der Waals surface area contributed by atoms with Crippen molar-refractivity contribution in [3.8, 4) is 0 Å². The Morgan fingerprint density at radius 2 is 1.27 bits per heavy atom. The van der Waals surface area contributed by atoms with E-state index in [0.717, 1.165) is 36.7 Å². The van der Waals surface area contributed by atoms with Crippen LogP contribution < -0.4 is 0 Å². The SMILES string of the molecule is C=CC(=O)OCCCC1CCC(CCC2CCC(COC3CCCCC3)CC2)CC1. The molecule has 0 aromatic heterocycles. The van der Waals surface area contributed by atoms with Gasteiger partial charge in [-0.15, -0.1) is 0 Å². The maximum Gasteiger partial charge on any atom is 0.330 e. The molecule has 0 unspecified atom stereocenters. The van der Waals surface area contributed by atoms with Crippen molar-refractivity contribution < 1.29 is 14.3 Å². The van der Waals surface area contributed by atoms with Crippen LogP contribution in [-0.2, 0) is 14.3 Å². The maximum atomic E-state index is 11.1. The Morgan fingerprint density at radius 3 is 1.83 bits per heavy atom. The van der Waals surface area contributed by atoms with Gasteiger partial charge in [-0.05, 0) is 62.2 Å². The number of esters is 1. The molecule has 0 aromatic carbocycles. The summed E-state index contributed by atoms with van der Waals surface area (Å²) >= 11 is 0. The van der Waals surface area contributed by atoms with E-state index in [2.05, 4.69) is 6.58 Å². The zero-order valence-corrected chi connectivity index (χ0v) is 19.3. The highest BCUT2D eigenvalue weighted by atomic mass is 16.5. The van der Waals surface area contributed by atoms with Crippen molar-refractivity contribution in [2.45, 2.75) is 115 Å². The lowest BCUT2D eigenvalue weighted by Crippen LogP contribution is -2.24. The molecule has 0 aliphatic heterocycles. The molecule has 3 aliphatic rings. The summed E-state index contributed by atoms with van der Waals surface area (Å²) in [5.74, 6) is 3.34. The fourth-order valence-corrected chi connectivity index (χ4v) is 6.07. The van der Waals surface area contributed by atoms with E-state index in [-0.39, 0.29) is 5.97 Å². The molecule has 0 spiro atoms. The van der Waals surface area contributed by atoms with Crippen LogP contribution in [0.3, 0.4) is 0 Å². The van der Waals surface area contributed by atoms with Crippen LogP contribution >= 0.6 is 0 Å². The van der Waals surface area contributed by atoms with Crippen molar-refractivity contribution in [2.75, 3.05) is 13.2 Å². The minimum absolute atomic E-state index is 0.288. The first-order valence-electron chi connectivity index (χ1n) is 13.1. The van der Waals surface area contributed by atoms with Gasteiger partial charge in [-0.2, -0.15) is 0 Å². The summed E-state index contributed by atoms with van der Waals surface area (Å²) < 4.78 is 11.3. The Kier molecular flexibility index (Phi) is 10.8. The zero-order valence-electron chi connectivity index (χ0n) is 19.3. The zero-order chi connectivity index (χ0) is 21.0.